The van der Waals surface area contributed by atoms with Gasteiger partial charge in [-0.15, -0.1) is 11.8 Å². The average Bonchev–Trinajstić information content (AvgIpc) is 2.86. The molecule has 5 aromatic rings. The molecular formula is C28H20FNO3S2. The molecule has 5 rings (SSSR count). The first-order valence-corrected chi connectivity index (χ1v) is 13.2. The van der Waals surface area contributed by atoms with E-state index in [1.54, 1.807) is 24.3 Å². The van der Waals surface area contributed by atoms with E-state index in [4.69, 9.17) is 0 Å². The number of thioether (sulfide) groups is 1. The van der Waals surface area contributed by atoms with E-state index in [9.17, 15) is 17.6 Å². The fourth-order valence-corrected chi connectivity index (χ4v) is 6.06. The Balaban J connectivity index is 1.50. The molecule has 1 atom stereocenters. The van der Waals surface area contributed by atoms with Crippen LogP contribution in [0.1, 0.15) is 10.8 Å². The van der Waals surface area contributed by atoms with Crippen molar-refractivity contribution in [3.05, 3.63) is 121 Å². The summed E-state index contributed by atoms with van der Waals surface area (Å²) in [6.45, 7) is 0. The molecule has 4 nitrogen and oxygen atoms in total. The molecule has 0 spiro atoms. The molecule has 0 aliphatic heterocycles. The number of nitrogens with one attached hydrogen (secondary N) is 1. The Kier molecular flexibility index (Phi) is 6.28. The van der Waals surface area contributed by atoms with E-state index in [0.29, 0.717) is 10.5 Å². The Hall–Kier alpha value is -3.68. The second-order valence-corrected chi connectivity index (χ2v) is 10.9. The number of hydrogen-bond acceptors (Lipinski definition) is 4. The van der Waals surface area contributed by atoms with Gasteiger partial charge < -0.3 is 0 Å². The Bertz CT molecular complexity index is 1670. The van der Waals surface area contributed by atoms with Crippen LogP contribution in [-0.2, 0) is 14.8 Å². The van der Waals surface area contributed by atoms with Crippen LogP contribution < -0.4 is 4.72 Å². The lowest BCUT2D eigenvalue weighted by Crippen LogP contribution is -2.33. The summed E-state index contributed by atoms with van der Waals surface area (Å²) in [5.41, 5.74) is 0.615. The lowest BCUT2D eigenvalue weighted by atomic mass is 10.0. The van der Waals surface area contributed by atoms with Crippen LogP contribution in [0.2, 0.25) is 0 Å². The van der Waals surface area contributed by atoms with Gasteiger partial charge in [-0.1, -0.05) is 72.8 Å². The Labute approximate surface area is 206 Å². The highest BCUT2D eigenvalue weighted by atomic mass is 32.2. The van der Waals surface area contributed by atoms with Gasteiger partial charge in [0.2, 0.25) is 0 Å². The number of rotatable bonds is 6. The van der Waals surface area contributed by atoms with Crippen molar-refractivity contribution in [1.29, 1.82) is 0 Å². The molecule has 0 aliphatic rings. The van der Waals surface area contributed by atoms with Crippen molar-refractivity contribution in [3.8, 4) is 0 Å². The molecule has 0 saturated heterocycles. The van der Waals surface area contributed by atoms with Crippen LogP contribution in [0.3, 0.4) is 0 Å². The predicted molar refractivity (Wildman–Crippen MR) is 138 cm³/mol. The maximum atomic E-state index is 13.8. The number of amides is 1. The number of carbonyl (C=O) groups is 1. The largest absolute Gasteiger partial charge is 0.272 e. The van der Waals surface area contributed by atoms with Crippen molar-refractivity contribution < 1.29 is 17.6 Å². The van der Waals surface area contributed by atoms with E-state index in [1.165, 1.54) is 24.3 Å². The monoisotopic (exact) mass is 501 g/mol. The van der Waals surface area contributed by atoms with Gasteiger partial charge in [0.05, 0.1) is 4.90 Å². The van der Waals surface area contributed by atoms with Gasteiger partial charge in [0, 0.05) is 4.90 Å². The zero-order valence-corrected chi connectivity index (χ0v) is 20.0. The minimum atomic E-state index is -4.13. The maximum absolute atomic E-state index is 13.8. The van der Waals surface area contributed by atoms with E-state index >= 15 is 0 Å². The van der Waals surface area contributed by atoms with E-state index in [-0.39, 0.29) is 4.90 Å². The summed E-state index contributed by atoms with van der Waals surface area (Å²) in [4.78, 5) is 13.9. The van der Waals surface area contributed by atoms with Crippen molar-refractivity contribution in [2.75, 3.05) is 0 Å². The van der Waals surface area contributed by atoms with E-state index in [0.717, 1.165) is 33.3 Å². The molecule has 174 valence electrons. The van der Waals surface area contributed by atoms with Crippen molar-refractivity contribution in [3.63, 3.8) is 0 Å². The van der Waals surface area contributed by atoms with Gasteiger partial charge in [0.15, 0.2) is 0 Å². The first-order chi connectivity index (χ1) is 16.9. The highest BCUT2D eigenvalue weighted by molar-refractivity contribution is 8.00. The molecular weight excluding hydrogens is 481 g/mol. The van der Waals surface area contributed by atoms with Gasteiger partial charge >= 0.3 is 0 Å². The third kappa shape index (κ3) is 5.06. The minimum absolute atomic E-state index is 0.00225. The number of carbonyl (C=O) groups excluding carboxylic acids is 1. The summed E-state index contributed by atoms with van der Waals surface area (Å²) in [5, 5.41) is 2.64. The smallest absolute Gasteiger partial charge is 0.264 e. The molecule has 1 amide bonds. The normalized spacial score (nSPS) is 12.5. The fraction of sp³-hybridized carbons (Fsp3) is 0.0357. The summed E-state index contributed by atoms with van der Waals surface area (Å²) >= 11 is 1.09. The topological polar surface area (TPSA) is 63.2 Å². The summed E-state index contributed by atoms with van der Waals surface area (Å²) in [6, 6.07) is 31.2. The predicted octanol–water partition coefficient (Wildman–Crippen LogP) is 6.47. The first kappa shape index (κ1) is 23.1. The van der Waals surface area contributed by atoms with E-state index in [2.05, 4.69) is 4.72 Å². The lowest BCUT2D eigenvalue weighted by Gasteiger charge is -2.18. The molecule has 0 aromatic heterocycles. The van der Waals surface area contributed by atoms with Crippen LogP contribution in [0.4, 0.5) is 4.39 Å². The molecule has 0 aliphatic carbocycles. The van der Waals surface area contributed by atoms with Gasteiger partial charge in [-0.05, 0) is 63.5 Å². The van der Waals surface area contributed by atoms with Gasteiger partial charge in [0.1, 0.15) is 11.1 Å². The number of benzene rings is 5. The van der Waals surface area contributed by atoms with Gasteiger partial charge in [-0.2, -0.15) is 0 Å². The molecule has 0 heterocycles. The second-order valence-electron chi connectivity index (χ2n) is 8.04. The van der Waals surface area contributed by atoms with Crippen molar-refractivity contribution in [2.45, 2.75) is 15.0 Å². The SMILES string of the molecule is O=C(NS(=O)(=O)c1ccc2ccccc2c1)C(Sc1cccc(F)c1)c1ccc2ccccc2c1. The number of halogens is 1. The Morgan fingerprint density at radius 2 is 1.34 bits per heavy atom. The van der Waals surface area contributed by atoms with Crippen molar-refractivity contribution in [2.24, 2.45) is 0 Å². The molecule has 0 radical (unpaired) electrons. The zero-order chi connectivity index (χ0) is 24.4. The van der Waals surface area contributed by atoms with Crippen LogP contribution in [0.5, 0.6) is 0 Å². The minimum Gasteiger partial charge on any atom is -0.272 e. The van der Waals surface area contributed by atoms with Crippen LogP contribution in [0, 0.1) is 5.82 Å². The molecule has 5 aromatic carbocycles. The molecule has 7 heteroatoms. The van der Waals surface area contributed by atoms with E-state index < -0.39 is 27.0 Å². The van der Waals surface area contributed by atoms with Gasteiger partial charge in [-0.3, -0.25) is 4.79 Å². The highest BCUT2D eigenvalue weighted by Crippen LogP contribution is 2.37. The first-order valence-electron chi connectivity index (χ1n) is 10.9. The van der Waals surface area contributed by atoms with Crippen LogP contribution >= 0.6 is 11.8 Å². The van der Waals surface area contributed by atoms with Crippen LogP contribution in [0.15, 0.2) is 119 Å². The van der Waals surface area contributed by atoms with Crippen molar-refractivity contribution in [1.82, 2.24) is 4.72 Å². The number of sulfonamides is 1. The quantitative estimate of drug-likeness (QED) is 0.271. The summed E-state index contributed by atoms with van der Waals surface area (Å²) < 4.78 is 42.4. The van der Waals surface area contributed by atoms with Gasteiger partial charge in [0.25, 0.3) is 15.9 Å². The second kappa shape index (κ2) is 9.52. The summed E-state index contributed by atoms with van der Waals surface area (Å²) in [5.74, 6) is -1.14. The number of fused-ring (bicyclic) bond motifs is 2. The molecule has 35 heavy (non-hydrogen) atoms. The summed E-state index contributed by atoms with van der Waals surface area (Å²) in [7, 11) is -4.13. The van der Waals surface area contributed by atoms with Crippen LogP contribution in [0.25, 0.3) is 21.5 Å². The molecule has 1 N–H and O–H groups in total. The molecule has 1 unspecified atom stereocenters. The fourth-order valence-electron chi connectivity index (χ4n) is 3.90. The summed E-state index contributed by atoms with van der Waals surface area (Å²) in [6.07, 6.45) is 0. The van der Waals surface area contributed by atoms with E-state index in [1.807, 2.05) is 60.7 Å². The standard InChI is InChI=1S/C28H20FNO3S2/c29-24-10-5-11-25(18-24)34-27(23-13-12-19-6-1-3-8-21(19)16-23)28(31)30-35(32,33)26-15-14-20-7-2-4-9-22(20)17-26/h1-18,27H,(H,30,31). The van der Waals surface area contributed by atoms with Crippen LogP contribution in [-0.4, -0.2) is 14.3 Å². The zero-order valence-electron chi connectivity index (χ0n) is 18.4. The molecule has 0 saturated carbocycles. The highest BCUT2D eigenvalue weighted by Gasteiger charge is 2.27. The number of hydrogen-bond donors (Lipinski definition) is 1. The van der Waals surface area contributed by atoms with Crippen molar-refractivity contribution >= 4 is 49.2 Å². The Morgan fingerprint density at radius 1 is 0.714 bits per heavy atom. The maximum Gasteiger partial charge on any atom is 0.264 e. The van der Waals surface area contributed by atoms with Gasteiger partial charge in [-0.25, -0.2) is 17.5 Å². The molecule has 0 bridgehead atoms. The average molecular weight is 502 g/mol. The Morgan fingerprint density at radius 3 is 2.03 bits per heavy atom. The molecule has 0 fully saturated rings. The third-order valence-electron chi connectivity index (χ3n) is 5.63. The third-order valence-corrected chi connectivity index (χ3v) is 8.22. The lowest BCUT2D eigenvalue weighted by molar-refractivity contribution is -0.118.